The van der Waals surface area contributed by atoms with Crippen LogP contribution >= 0.6 is 0 Å². The van der Waals surface area contributed by atoms with E-state index in [-0.39, 0.29) is 11.3 Å². The number of alkyl halides is 3. The molecule has 3 aromatic rings. The molecule has 192 valence electrons. The van der Waals surface area contributed by atoms with Gasteiger partial charge in [0.15, 0.2) is 6.61 Å². The van der Waals surface area contributed by atoms with Crippen LogP contribution in [0.1, 0.15) is 40.4 Å². The first-order chi connectivity index (χ1) is 16.9. The van der Waals surface area contributed by atoms with Crippen LogP contribution in [-0.4, -0.2) is 38.5 Å². The summed E-state index contributed by atoms with van der Waals surface area (Å²) in [6.45, 7) is -1.64. The Morgan fingerprint density at radius 3 is 2.25 bits per heavy atom. The predicted molar refractivity (Wildman–Crippen MR) is 130 cm³/mol. The van der Waals surface area contributed by atoms with E-state index >= 15 is 0 Å². The molecular formula is C26H26F3NO5S. The monoisotopic (exact) mass is 521 g/mol. The van der Waals surface area contributed by atoms with E-state index in [0.717, 1.165) is 30.2 Å². The van der Waals surface area contributed by atoms with Gasteiger partial charge in [-0.15, -0.1) is 0 Å². The Kier molecular flexibility index (Phi) is 8.75. The number of aliphatic hydroxyl groups is 1. The Labute approximate surface area is 207 Å². The molecule has 0 aliphatic heterocycles. The topological polar surface area (TPSA) is 92.7 Å². The molecule has 0 aliphatic carbocycles. The van der Waals surface area contributed by atoms with E-state index in [2.05, 4.69) is 0 Å². The maximum absolute atomic E-state index is 12.7. The number of amides is 1. The van der Waals surface area contributed by atoms with Crippen LogP contribution in [-0.2, 0) is 16.4 Å². The minimum Gasteiger partial charge on any atom is -0.483 e. The summed E-state index contributed by atoms with van der Waals surface area (Å²) in [5, 5.41) is 10.3. The van der Waals surface area contributed by atoms with Gasteiger partial charge in [-0.1, -0.05) is 60.7 Å². The van der Waals surface area contributed by atoms with Gasteiger partial charge in [0.1, 0.15) is 5.75 Å². The largest absolute Gasteiger partial charge is 0.483 e. The minimum absolute atomic E-state index is 0.331. The van der Waals surface area contributed by atoms with E-state index in [9.17, 15) is 31.5 Å². The summed E-state index contributed by atoms with van der Waals surface area (Å²) < 4.78 is 67.5. The van der Waals surface area contributed by atoms with Gasteiger partial charge in [0.25, 0.3) is 5.91 Å². The number of rotatable bonds is 10. The average Bonchev–Trinajstić information content (AvgIpc) is 2.82. The van der Waals surface area contributed by atoms with Crippen molar-refractivity contribution in [3.05, 3.63) is 89.5 Å². The summed E-state index contributed by atoms with van der Waals surface area (Å²) >= 11 is 0. The number of halogens is 3. The molecule has 0 saturated heterocycles. The molecule has 3 aromatic carbocycles. The Balaban J connectivity index is 1.72. The number of aryl methyl sites for hydroxylation is 1. The van der Waals surface area contributed by atoms with Gasteiger partial charge in [-0.3, -0.25) is 4.79 Å². The second-order valence-electron chi connectivity index (χ2n) is 8.33. The van der Waals surface area contributed by atoms with Crippen molar-refractivity contribution in [1.82, 2.24) is 4.72 Å². The molecule has 3 rings (SSSR count). The van der Waals surface area contributed by atoms with Gasteiger partial charge >= 0.3 is 6.18 Å². The lowest BCUT2D eigenvalue weighted by Crippen LogP contribution is -2.30. The van der Waals surface area contributed by atoms with Crippen molar-refractivity contribution < 1.29 is 36.2 Å². The first kappa shape index (κ1) is 27.2. The molecule has 0 saturated carbocycles. The second-order valence-corrected chi connectivity index (χ2v) is 10.1. The summed E-state index contributed by atoms with van der Waals surface area (Å²) in [6, 6.07) is 20.7. The van der Waals surface area contributed by atoms with Crippen molar-refractivity contribution >= 4 is 15.9 Å². The number of hydrogen-bond acceptors (Lipinski definition) is 5. The molecule has 2 N–H and O–H groups in total. The summed E-state index contributed by atoms with van der Waals surface area (Å²) in [5.74, 6) is -1.47. The standard InChI is InChI=1S/C26H26F3NO5S/c1-36(33,34)30-25(32)22-15-14-21(16-24(22)35-17-26(27,28)29)19-12-10-18(11-13-19)6-5-9-23(31)20-7-3-2-4-8-20/h2-4,7-8,10-16,23,31H,5-6,9,17H2,1H3,(H,30,32)/t23-/m1/s1. The van der Waals surface area contributed by atoms with Gasteiger partial charge in [0, 0.05) is 0 Å². The molecule has 0 bridgehead atoms. The van der Waals surface area contributed by atoms with Crippen molar-refractivity contribution in [2.24, 2.45) is 0 Å². The zero-order chi connectivity index (χ0) is 26.3. The summed E-state index contributed by atoms with van der Waals surface area (Å²) in [4.78, 5) is 12.3. The number of aliphatic hydroxyl groups excluding tert-OH is 1. The van der Waals surface area contributed by atoms with Crippen molar-refractivity contribution in [2.75, 3.05) is 12.9 Å². The molecule has 6 nitrogen and oxygen atoms in total. The molecule has 1 atom stereocenters. The Hall–Kier alpha value is -3.37. The van der Waals surface area contributed by atoms with Crippen molar-refractivity contribution in [3.63, 3.8) is 0 Å². The van der Waals surface area contributed by atoms with Crippen LogP contribution in [0.4, 0.5) is 13.2 Å². The molecule has 0 fully saturated rings. The van der Waals surface area contributed by atoms with Gasteiger partial charge in [-0.05, 0) is 53.6 Å². The van der Waals surface area contributed by atoms with Gasteiger partial charge in [-0.25, -0.2) is 13.1 Å². The molecule has 0 spiro atoms. The van der Waals surface area contributed by atoms with Gasteiger partial charge < -0.3 is 9.84 Å². The van der Waals surface area contributed by atoms with Crippen molar-refractivity contribution in [1.29, 1.82) is 0 Å². The van der Waals surface area contributed by atoms with E-state index in [1.165, 1.54) is 18.2 Å². The first-order valence-corrected chi connectivity index (χ1v) is 13.0. The van der Waals surface area contributed by atoms with E-state index in [0.29, 0.717) is 17.5 Å². The van der Waals surface area contributed by atoms with E-state index in [1.54, 1.807) is 16.9 Å². The van der Waals surface area contributed by atoms with E-state index in [1.807, 2.05) is 42.5 Å². The summed E-state index contributed by atoms with van der Waals surface area (Å²) in [7, 11) is -3.92. The highest BCUT2D eigenvalue weighted by Crippen LogP contribution is 2.30. The van der Waals surface area contributed by atoms with Crippen LogP contribution in [0.5, 0.6) is 5.75 Å². The molecule has 0 unspecified atom stereocenters. The minimum atomic E-state index is -4.64. The lowest BCUT2D eigenvalue weighted by atomic mass is 9.98. The Morgan fingerprint density at radius 1 is 1.00 bits per heavy atom. The maximum Gasteiger partial charge on any atom is 0.422 e. The zero-order valence-corrected chi connectivity index (χ0v) is 20.3. The fourth-order valence-corrected chi connectivity index (χ4v) is 4.04. The number of sulfonamides is 1. The van der Waals surface area contributed by atoms with Gasteiger partial charge in [-0.2, -0.15) is 13.2 Å². The number of nitrogens with one attached hydrogen (secondary N) is 1. The molecule has 0 aliphatic rings. The lowest BCUT2D eigenvalue weighted by molar-refractivity contribution is -0.153. The van der Waals surface area contributed by atoms with Crippen LogP contribution in [0.3, 0.4) is 0 Å². The van der Waals surface area contributed by atoms with Crippen molar-refractivity contribution in [3.8, 4) is 16.9 Å². The first-order valence-electron chi connectivity index (χ1n) is 11.1. The highest BCUT2D eigenvalue weighted by molar-refractivity contribution is 7.89. The molecule has 1 amide bonds. The molecule has 10 heteroatoms. The Morgan fingerprint density at radius 2 is 1.64 bits per heavy atom. The highest BCUT2D eigenvalue weighted by atomic mass is 32.2. The molecule has 0 aromatic heterocycles. The van der Waals surface area contributed by atoms with Crippen LogP contribution in [0.15, 0.2) is 72.8 Å². The smallest absolute Gasteiger partial charge is 0.422 e. The fraction of sp³-hybridized carbons (Fsp3) is 0.269. The zero-order valence-electron chi connectivity index (χ0n) is 19.5. The third-order valence-electron chi connectivity index (χ3n) is 5.31. The van der Waals surface area contributed by atoms with E-state index in [4.69, 9.17) is 4.74 Å². The number of hydrogen-bond donors (Lipinski definition) is 2. The maximum atomic E-state index is 12.7. The number of benzene rings is 3. The van der Waals surface area contributed by atoms with Crippen molar-refractivity contribution in [2.45, 2.75) is 31.5 Å². The highest BCUT2D eigenvalue weighted by Gasteiger charge is 2.29. The van der Waals surface area contributed by atoms with Crippen LogP contribution < -0.4 is 9.46 Å². The number of ether oxygens (including phenoxy) is 1. The van der Waals surface area contributed by atoms with Gasteiger partial charge in [0.2, 0.25) is 10.0 Å². The normalized spacial score (nSPS) is 12.7. The SMILES string of the molecule is CS(=O)(=O)NC(=O)c1ccc(-c2ccc(CCC[C@@H](O)c3ccccc3)cc2)cc1OCC(F)(F)F. The predicted octanol–water partition coefficient (Wildman–Crippen LogP) is 5.04. The van der Waals surface area contributed by atoms with E-state index < -0.39 is 34.8 Å². The van der Waals surface area contributed by atoms with Crippen LogP contribution in [0.2, 0.25) is 0 Å². The summed E-state index contributed by atoms with van der Waals surface area (Å²) in [5.41, 5.74) is 2.73. The third-order valence-corrected chi connectivity index (χ3v) is 5.87. The third kappa shape index (κ3) is 8.39. The Bertz CT molecular complexity index is 1280. The molecule has 0 heterocycles. The fourth-order valence-electron chi connectivity index (χ4n) is 3.60. The van der Waals surface area contributed by atoms with Gasteiger partial charge in [0.05, 0.1) is 17.9 Å². The quantitative estimate of drug-likeness (QED) is 0.390. The number of carbonyl (C=O) groups is 1. The molecule has 0 radical (unpaired) electrons. The molecular weight excluding hydrogens is 495 g/mol. The second kappa shape index (κ2) is 11.6. The lowest BCUT2D eigenvalue weighted by Gasteiger charge is -2.15. The number of carbonyl (C=O) groups excluding carboxylic acids is 1. The average molecular weight is 522 g/mol. The van der Waals surface area contributed by atoms with Crippen LogP contribution in [0.25, 0.3) is 11.1 Å². The molecule has 36 heavy (non-hydrogen) atoms. The summed E-state index contributed by atoms with van der Waals surface area (Å²) in [6.07, 6.45) is -2.33. The van der Waals surface area contributed by atoms with Crippen LogP contribution in [0, 0.1) is 0 Å².